The molecule has 0 radical (unpaired) electrons. The monoisotopic (exact) mass is 321 g/mol. The maximum absolute atomic E-state index is 12.9. The molecule has 1 aromatic rings. The molecule has 23 heavy (non-hydrogen) atoms. The lowest BCUT2D eigenvalue weighted by molar-refractivity contribution is -0.137. The molecule has 0 spiro atoms. The van der Waals surface area contributed by atoms with Crippen LogP contribution in [0, 0.1) is 0 Å². The summed E-state index contributed by atoms with van der Waals surface area (Å²) in [6.07, 6.45) is 1.43. The Kier molecular flexibility index (Phi) is 5.47. The first-order valence-corrected chi connectivity index (χ1v) is 7.79. The number of methoxy groups -OCH3 is 1. The van der Waals surface area contributed by atoms with Gasteiger partial charge >= 0.3 is 5.97 Å². The molecular weight excluding hydrogens is 298 g/mol. The Balaban J connectivity index is 2.28. The quantitative estimate of drug-likeness (QED) is 0.871. The van der Waals surface area contributed by atoms with Crippen molar-refractivity contribution >= 4 is 11.9 Å². The van der Waals surface area contributed by atoms with Crippen molar-refractivity contribution < 1.29 is 24.2 Å². The summed E-state index contributed by atoms with van der Waals surface area (Å²) in [4.78, 5) is 25.5. The molecule has 1 aromatic carbocycles. The zero-order valence-corrected chi connectivity index (χ0v) is 13.7. The number of nitrogens with zero attached hydrogens (tertiary/aromatic N) is 1. The number of likely N-dealkylation sites (tertiary alicyclic amines) is 1. The summed E-state index contributed by atoms with van der Waals surface area (Å²) in [6, 6.07) is 4.82. The van der Waals surface area contributed by atoms with Crippen molar-refractivity contribution in [1.29, 1.82) is 0 Å². The summed E-state index contributed by atoms with van der Waals surface area (Å²) in [5.74, 6) is 0.00108. The number of carboxylic acids is 1. The van der Waals surface area contributed by atoms with E-state index in [1.807, 2.05) is 13.8 Å². The standard InChI is InChI=1S/C17H23NO5/c1-11(2)23-15-10-13(22-3)6-7-14(15)17(21)18-8-4-5-12(18)9-16(19)20/h6-7,10-12H,4-5,8-9H2,1-3H3,(H,19,20). The smallest absolute Gasteiger partial charge is 0.305 e. The minimum atomic E-state index is -0.886. The number of rotatable bonds is 6. The van der Waals surface area contributed by atoms with Gasteiger partial charge in [-0.3, -0.25) is 9.59 Å². The fraction of sp³-hybridized carbons (Fsp3) is 0.529. The molecule has 1 saturated heterocycles. The van der Waals surface area contributed by atoms with Crippen LogP contribution in [0.1, 0.15) is 43.5 Å². The molecule has 6 heteroatoms. The lowest BCUT2D eigenvalue weighted by atomic mass is 10.1. The Labute approximate surface area is 136 Å². The maximum Gasteiger partial charge on any atom is 0.305 e. The van der Waals surface area contributed by atoms with Crippen LogP contribution in [0.5, 0.6) is 11.5 Å². The Morgan fingerprint density at radius 2 is 2.13 bits per heavy atom. The number of carboxylic acid groups (broad SMARTS) is 1. The fourth-order valence-electron chi connectivity index (χ4n) is 2.83. The van der Waals surface area contributed by atoms with Gasteiger partial charge in [0.25, 0.3) is 5.91 Å². The Morgan fingerprint density at radius 1 is 1.39 bits per heavy atom. The first-order valence-electron chi connectivity index (χ1n) is 7.79. The maximum atomic E-state index is 12.9. The van der Waals surface area contributed by atoms with Gasteiger partial charge in [-0.15, -0.1) is 0 Å². The summed E-state index contributed by atoms with van der Waals surface area (Å²) >= 11 is 0. The number of amides is 1. The second kappa shape index (κ2) is 7.35. The van der Waals surface area contributed by atoms with E-state index in [1.165, 1.54) is 0 Å². The number of benzene rings is 1. The van der Waals surface area contributed by atoms with E-state index in [1.54, 1.807) is 30.2 Å². The molecular formula is C17H23NO5. The van der Waals surface area contributed by atoms with Gasteiger partial charge in [-0.25, -0.2) is 0 Å². The minimum absolute atomic E-state index is 0.0255. The number of carbonyl (C=O) groups excluding carboxylic acids is 1. The third-order valence-electron chi connectivity index (χ3n) is 3.83. The molecule has 1 fully saturated rings. The van der Waals surface area contributed by atoms with Crippen LogP contribution in [0.2, 0.25) is 0 Å². The second-order valence-electron chi connectivity index (χ2n) is 5.92. The van der Waals surface area contributed by atoms with Gasteiger partial charge in [0.2, 0.25) is 0 Å². The van der Waals surface area contributed by atoms with E-state index in [4.69, 9.17) is 14.6 Å². The van der Waals surface area contributed by atoms with Gasteiger partial charge in [-0.05, 0) is 38.8 Å². The van der Waals surface area contributed by atoms with Gasteiger partial charge in [0, 0.05) is 18.7 Å². The van der Waals surface area contributed by atoms with E-state index in [9.17, 15) is 9.59 Å². The van der Waals surface area contributed by atoms with Gasteiger partial charge in [-0.2, -0.15) is 0 Å². The average Bonchev–Trinajstić information content (AvgIpc) is 2.93. The summed E-state index contributed by atoms with van der Waals surface area (Å²) in [6.45, 7) is 4.34. The van der Waals surface area contributed by atoms with Gasteiger partial charge in [-0.1, -0.05) is 0 Å². The van der Waals surface area contributed by atoms with Crippen molar-refractivity contribution in [3.8, 4) is 11.5 Å². The van der Waals surface area contributed by atoms with Crippen LogP contribution in [-0.4, -0.2) is 47.7 Å². The first kappa shape index (κ1) is 17.1. The molecule has 0 bridgehead atoms. The van der Waals surface area contributed by atoms with Gasteiger partial charge in [0.05, 0.1) is 25.2 Å². The zero-order valence-electron chi connectivity index (χ0n) is 13.7. The van der Waals surface area contributed by atoms with E-state index in [0.717, 1.165) is 6.42 Å². The molecule has 1 atom stereocenters. The third kappa shape index (κ3) is 4.15. The molecule has 0 aliphatic carbocycles. The van der Waals surface area contributed by atoms with Crippen molar-refractivity contribution in [2.75, 3.05) is 13.7 Å². The third-order valence-corrected chi connectivity index (χ3v) is 3.83. The lowest BCUT2D eigenvalue weighted by Crippen LogP contribution is -2.37. The van der Waals surface area contributed by atoms with Crippen molar-refractivity contribution in [2.24, 2.45) is 0 Å². The van der Waals surface area contributed by atoms with Crippen molar-refractivity contribution in [2.45, 2.75) is 45.3 Å². The van der Waals surface area contributed by atoms with Crippen LogP contribution >= 0.6 is 0 Å². The van der Waals surface area contributed by atoms with Crippen LogP contribution in [0.4, 0.5) is 0 Å². The zero-order chi connectivity index (χ0) is 17.0. The highest BCUT2D eigenvalue weighted by atomic mass is 16.5. The van der Waals surface area contributed by atoms with Crippen LogP contribution < -0.4 is 9.47 Å². The minimum Gasteiger partial charge on any atom is -0.497 e. The Bertz CT molecular complexity index is 584. The first-order chi connectivity index (χ1) is 10.9. The van der Waals surface area contributed by atoms with Crippen molar-refractivity contribution in [3.63, 3.8) is 0 Å². The summed E-state index contributed by atoms with van der Waals surface area (Å²) in [5, 5.41) is 9.01. The van der Waals surface area contributed by atoms with Gasteiger partial charge in [0.1, 0.15) is 11.5 Å². The molecule has 1 amide bonds. The molecule has 1 aliphatic heterocycles. The Hall–Kier alpha value is -2.24. The highest BCUT2D eigenvalue weighted by Crippen LogP contribution is 2.30. The SMILES string of the molecule is COc1ccc(C(=O)N2CCCC2CC(=O)O)c(OC(C)C)c1. The van der Waals surface area contributed by atoms with Gasteiger partial charge in [0.15, 0.2) is 0 Å². The van der Waals surface area contributed by atoms with Crippen LogP contribution in [0.25, 0.3) is 0 Å². The van der Waals surface area contributed by atoms with Crippen LogP contribution in [0.3, 0.4) is 0 Å². The van der Waals surface area contributed by atoms with E-state index in [2.05, 4.69) is 0 Å². The average molecular weight is 321 g/mol. The lowest BCUT2D eigenvalue weighted by Gasteiger charge is -2.25. The predicted octanol–water partition coefficient (Wildman–Crippen LogP) is 2.56. The number of carbonyl (C=O) groups is 2. The molecule has 1 heterocycles. The molecule has 1 unspecified atom stereocenters. The van der Waals surface area contributed by atoms with Gasteiger partial charge < -0.3 is 19.5 Å². The van der Waals surface area contributed by atoms with Crippen LogP contribution in [-0.2, 0) is 4.79 Å². The summed E-state index contributed by atoms with van der Waals surface area (Å²) < 4.78 is 10.9. The van der Waals surface area contributed by atoms with Crippen LogP contribution in [0.15, 0.2) is 18.2 Å². The normalized spacial score (nSPS) is 17.4. The van der Waals surface area contributed by atoms with E-state index in [-0.39, 0.29) is 24.5 Å². The number of aliphatic carboxylic acids is 1. The molecule has 2 rings (SSSR count). The largest absolute Gasteiger partial charge is 0.497 e. The predicted molar refractivity (Wildman–Crippen MR) is 85.1 cm³/mol. The molecule has 0 saturated carbocycles. The molecule has 0 aromatic heterocycles. The number of hydrogen-bond acceptors (Lipinski definition) is 4. The highest BCUT2D eigenvalue weighted by Gasteiger charge is 2.32. The molecule has 1 N–H and O–H groups in total. The Morgan fingerprint density at radius 3 is 2.74 bits per heavy atom. The van der Waals surface area contributed by atoms with E-state index >= 15 is 0 Å². The van der Waals surface area contributed by atoms with Crippen molar-refractivity contribution in [1.82, 2.24) is 4.90 Å². The molecule has 6 nitrogen and oxygen atoms in total. The van der Waals surface area contributed by atoms with E-state index < -0.39 is 5.97 Å². The topological polar surface area (TPSA) is 76.1 Å². The summed E-state index contributed by atoms with van der Waals surface area (Å²) in [7, 11) is 1.55. The summed E-state index contributed by atoms with van der Waals surface area (Å²) in [5.41, 5.74) is 0.441. The van der Waals surface area contributed by atoms with E-state index in [0.29, 0.717) is 30.0 Å². The number of hydrogen-bond donors (Lipinski definition) is 1. The molecule has 126 valence electrons. The highest BCUT2D eigenvalue weighted by molar-refractivity contribution is 5.97. The number of ether oxygens (including phenoxy) is 2. The van der Waals surface area contributed by atoms with Crippen molar-refractivity contribution in [3.05, 3.63) is 23.8 Å². The fourth-order valence-corrected chi connectivity index (χ4v) is 2.83. The second-order valence-corrected chi connectivity index (χ2v) is 5.92. The molecule has 1 aliphatic rings.